The van der Waals surface area contributed by atoms with Crippen molar-refractivity contribution in [1.82, 2.24) is 10.0 Å². The number of hydrogen-bond acceptors (Lipinski definition) is 3. The van der Waals surface area contributed by atoms with Crippen LogP contribution in [0.1, 0.15) is 70.6 Å². The third kappa shape index (κ3) is 4.39. The molecule has 6 rings (SSSR count). The van der Waals surface area contributed by atoms with E-state index in [-0.39, 0.29) is 5.54 Å². The van der Waals surface area contributed by atoms with Crippen molar-refractivity contribution in [2.75, 3.05) is 5.32 Å². The fourth-order valence-corrected chi connectivity index (χ4v) is 8.61. The van der Waals surface area contributed by atoms with Crippen molar-refractivity contribution in [3.05, 3.63) is 24.3 Å². The Kier molecular flexibility index (Phi) is 5.57. The lowest BCUT2D eigenvalue weighted by molar-refractivity contribution is -0.00810. The molecule has 0 heterocycles. The van der Waals surface area contributed by atoms with Gasteiger partial charge in [-0.1, -0.05) is 19.3 Å². The summed E-state index contributed by atoms with van der Waals surface area (Å²) < 4.78 is 29.4. The van der Waals surface area contributed by atoms with Crippen molar-refractivity contribution in [2.45, 2.75) is 87.1 Å². The van der Waals surface area contributed by atoms with E-state index in [0.29, 0.717) is 33.8 Å². The van der Waals surface area contributed by atoms with Crippen LogP contribution < -0.4 is 15.4 Å². The summed E-state index contributed by atoms with van der Waals surface area (Å²) >= 11 is 5.44. The summed E-state index contributed by atoms with van der Waals surface area (Å²) in [4.78, 5) is 0.343. The highest BCUT2D eigenvalue weighted by molar-refractivity contribution is 7.89. The molecule has 164 valence electrons. The number of anilines is 1. The zero-order chi connectivity index (χ0) is 20.8. The largest absolute Gasteiger partial charge is 0.360 e. The predicted octanol–water partition coefficient (Wildman–Crippen LogP) is 4.55. The molecule has 0 amide bonds. The average molecular weight is 448 g/mol. The lowest BCUT2D eigenvalue weighted by Crippen LogP contribution is -2.59. The van der Waals surface area contributed by atoms with Gasteiger partial charge in [0.05, 0.1) is 4.90 Å². The minimum absolute atomic E-state index is 0.212. The van der Waals surface area contributed by atoms with E-state index in [9.17, 15) is 8.42 Å². The van der Waals surface area contributed by atoms with Crippen LogP contribution in [0.3, 0.4) is 0 Å². The van der Waals surface area contributed by atoms with Crippen LogP contribution in [0.15, 0.2) is 29.2 Å². The monoisotopic (exact) mass is 447 g/mol. The summed E-state index contributed by atoms with van der Waals surface area (Å²) in [6.07, 6.45) is 13.1. The van der Waals surface area contributed by atoms with E-state index in [0.717, 1.165) is 37.8 Å². The number of rotatable bonds is 5. The lowest BCUT2D eigenvalue weighted by atomic mass is 9.53. The van der Waals surface area contributed by atoms with E-state index in [1.165, 1.54) is 38.5 Å². The van der Waals surface area contributed by atoms with Crippen LogP contribution in [0.5, 0.6) is 0 Å². The molecule has 5 aliphatic carbocycles. The quantitative estimate of drug-likeness (QED) is 0.578. The van der Waals surface area contributed by atoms with E-state index < -0.39 is 10.0 Å². The van der Waals surface area contributed by atoms with Gasteiger partial charge < -0.3 is 10.6 Å². The summed E-state index contributed by atoms with van der Waals surface area (Å²) in [6, 6.07) is 7.44. The second kappa shape index (κ2) is 8.06. The zero-order valence-corrected chi connectivity index (χ0v) is 19.2. The first-order chi connectivity index (χ1) is 14.4. The third-order valence-electron chi connectivity index (χ3n) is 7.75. The topological polar surface area (TPSA) is 70.2 Å². The maximum absolute atomic E-state index is 13.1. The van der Waals surface area contributed by atoms with Gasteiger partial charge in [-0.2, -0.15) is 0 Å². The van der Waals surface area contributed by atoms with Gasteiger partial charge in [0.15, 0.2) is 5.11 Å². The van der Waals surface area contributed by atoms with Crippen LogP contribution in [0.25, 0.3) is 0 Å². The summed E-state index contributed by atoms with van der Waals surface area (Å²) in [6.45, 7) is 0. The molecular formula is C23H33N3O2S2. The molecule has 7 heteroatoms. The smallest absolute Gasteiger partial charge is 0.241 e. The van der Waals surface area contributed by atoms with E-state index in [4.69, 9.17) is 12.2 Å². The standard InChI is InChI=1S/C23H33N3O2S2/c27-30(28,26-23-13-16-10-17(14-23)12-18(11-16)15-23)21-8-6-20(7-9-21)25-22(29)24-19-4-2-1-3-5-19/h6-9,16-19,26H,1-5,10-15H2,(H2,24,25,29). The van der Waals surface area contributed by atoms with Crippen LogP contribution in [-0.4, -0.2) is 25.1 Å². The fraction of sp³-hybridized carbons (Fsp3) is 0.696. The Morgan fingerprint density at radius 3 is 2.03 bits per heavy atom. The van der Waals surface area contributed by atoms with Crippen LogP contribution >= 0.6 is 12.2 Å². The van der Waals surface area contributed by atoms with Gasteiger partial charge in [-0.05, 0) is 106 Å². The van der Waals surface area contributed by atoms with Gasteiger partial charge in [-0.3, -0.25) is 0 Å². The van der Waals surface area contributed by atoms with Crippen molar-refractivity contribution >= 4 is 33.0 Å². The normalized spacial score (nSPS) is 33.4. The SMILES string of the molecule is O=S(=O)(NC12CC3CC(CC(C3)C1)C2)c1ccc(NC(=S)NC2CCCCC2)cc1. The molecule has 4 bridgehead atoms. The molecule has 0 atom stereocenters. The minimum Gasteiger partial charge on any atom is -0.360 e. The molecule has 5 fully saturated rings. The molecule has 0 aromatic heterocycles. The van der Waals surface area contributed by atoms with Crippen LogP contribution in [0, 0.1) is 17.8 Å². The molecule has 5 nitrogen and oxygen atoms in total. The maximum atomic E-state index is 13.1. The summed E-state index contributed by atoms with van der Waals surface area (Å²) in [5.74, 6) is 2.13. The lowest BCUT2D eigenvalue weighted by Gasteiger charge is -2.56. The van der Waals surface area contributed by atoms with Crippen molar-refractivity contribution in [2.24, 2.45) is 17.8 Å². The fourth-order valence-electron chi connectivity index (χ4n) is 6.90. The van der Waals surface area contributed by atoms with Gasteiger partial charge in [-0.15, -0.1) is 0 Å². The van der Waals surface area contributed by atoms with Gasteiger partial charge in [-0.25, -0.2) is 13.1 Å². The Morgan fingerprint density at radius 2 is 1.47 bits per heavy atom. The Balaban J connectivity index is 1.22. The molecule has 0 aliphatic heterocycles. The van der Waals surface area contributed by atoms with Gasteiger partial charge in [0.25, 0.3) is 0 Å². The molecule has 0 saturated heterocycles. The van der Waals surface area contributed by atoms with Crippen molar-refractivity contribution in [3.8, 4) is 0 Å². The van der Waals surface area contributed by atoms with Gasteiger partial charge in [0, 0.05) is 17.3 Å². The second-order valence-corrected chi connectivity index (χ2v) is 12.4. The highest BCUT2D eigenvalue weighted by atomic mass is 32.2. The van der Waals surface area contributed by atoms with Crippen LogP contribution in [0.2, 0.25) is 0 Å². The molecule has 1 aromatic carbocycles. The van der Waals surface area contributed by atoms with Crippen molar-refractivity contribution < 1.29 is 8.42 Å². The molecule has 30 heavy (non-hydrogen) atoms. The first-order valence-electron chi connectivity index (χ1n) is 11.6. The van der Waals surface area contributed by atoms with Crippen molar-refractivity contribution in [1.29, 1.82) is 0 Å². The molecule has 3 N–H and O–H groups in total. The number of benzene rings is 1. The van der Waals surface area contributed by atoms with E-state index >= 15 is 0 Å². The first-order valence-corrected chi connectivity index (χ1v) is 13.5. The molecular weight excluding hydrogens is 414 g/mol. The first kappa shape index (κ1) is 20.7. The van der Waals surface area contributed by atoms with Gasteiger partial charge in [0.2, 0.25) is 10.0 Å². The van der Waals surface area contributed by atoms with E-state index in [1.54, 1.807) is 12.1 Å². The highest BCUT2D eigenvalue weighted by Gasteiger charge is 2.52. The Morgan fingerprint density at radius 1 is 0.900 bits per heavy atom. The summed E-state index contributed by atoms with van der Waals surface area (Å²) in [7, 11) is -3.52. The van der Waals surface area contributed by atoms with Crippen molar-refractivity contribution in [3.63, 3.8) is 0 Å². The van der Waals surface area contributed by atoms with Gasteiger partial charge >= 0.3 is 0 Å². The van der Waals surface area contributed by atoms with E-state index in [1.807, 2.05) is 12.1 Å². The number of thiocarbonyl (C=S) groups is 1. The van der Waals surface area contributed by atoms with Crippen LogP contribution in [-0.2, 0) is 10.0 Å². The summed E-state index contributed by atoms with van der Waals surface area (Å²) in [5.41, 5.74) is 0.604. The molecule has 1 aromatic rings. The minimum atomic E-state index is -3.52. The zero-order valence-electron chi connectivity index (χ0n) is 17.5. The Hall–Kier alpha value is -1.18. The molecule has 0 radical (unpaired) electrons. The molecule has 0 unspecified atom stereocenters. The average Bonchev–Trinajstić information content (AvgIpc) is 2.67. The van der Waals surface area contributed by atoms with E-state index in [2.05, 4.69) is 15.4 Å². The number of hydrogen-bond donors (Lipinski definition) is 3. The molecule has 5 aliphatic rings. The number of sulfonamides is 1. The van der Waals surface area contributed by atoms with Gasteiger partial charge in [0.1, 0.15) is 0 Å². The van der Waals surface area contributed by atoms with Crippen LogP contribution in [0.4, 0.5) is 5.69 Å². The maximum Gasteiger partial charge on any atom is 0.241 e. The predicted molar refractivity (Wildman–Crippen MR) is 124 cm³/mol. The highest BCUT2D eigenvalue weighted by Crippen LogP contribution is 2.55. The molecule has 0 spiro atoms. The third-order valence-corrected chi connectivity index (χ3v) is 9.57. The molecule has 5 saturated carbocycles. The Labute approximate surface area is 185 Å². The Bertz CT molecular complexity index is 856. The second-order valence-electron chi connectivity index (χ2n) is 10.3. The number of nitrogens with one attached hydrogen (secondary N) is 3. The summed E-state index contributed by atoms with van der Waals surface area (Å²) in [5, 5.41) is 7.20.